The molecular weight excluding hydrogens is 264 g/mol. The smallest absolute Gasteiger partial charge is 0.303 e. The molecule has 0 aromatic heterocycles. The molecule has 0 bridgehead atoms. The zero-order valence-electron chi connectivity index (χ0n) is 9.26. The molecule has 0 aromatic carbocycles. The SMILES string of the molecule is O=C(O)CCC(=O)NC(=S)NC(=O)CCC(=O)O. The number of nitrogens with one attached hydrogen (secondary N) is 2. The average molecular weight is 276 g/mol. The number of thiocarbonyl (C=S) groups is 1. The van der Waals surface area contributed by atoms with E-state index in [1.54, 1.807) is 0 Å². The van der Waals surface area contributed by atoms with Crippen molar-refractivity contribution in [3.63, 3.8) is 0 Å². The molecule has 4 N–H and O–H groups in total. The van der Waals surface area contributed by atoms with Gasteiger partial charge < -0.3 is 20.8 Å². The van der Waals surface area contributed by atoms with Gasteiger partial charge in [0.15, 0.2) is 5.11 Å². The van der Waals surface area contributed by atoms with Gasteiger partial charge in [-0.3, -0.25) is 19.2 Å². The van der Waals surface area contributed by atoms with E-state index in [0.29, 0.717) is 0 Å². The molecule has 0 aliphatic rings. The first-order chi connectivity index (χ1) is 8.31. The van der Waals surface area contributed by atoms with Gasteiger partial charge in [0.1, 0.15) is 0 Å². The molecule has 0 aliphatic carbocycles. The standard InChI is InChI=1S/C9H12N2O6S/c12-5(1-3-7(14)15)10-9(18)11-6(13)2-4-8(16)17/h1-4H2,(H,14,15)(H,16,17)(H2,10,11,12,13,18). The van der Waals surface area contributed by atoms with Crippen LogP contribution >= 0.6 is 12.2 Å². The molecule has 0 spiro atoms. The first kappa shape index (κ1) is 16.0. The molecule has 100 valence electrons. The molecule has 9 heteroatoms. The molecule has 0 saturated carbocycles. The topological polar surface area (TPSA) is 133 Å². The summed E-state index contributed by atoms with van der Waals surface area (Å²) in [5.41, 5.74) is 0. The highest BCUT2D eigenvalue weighted by atomic mass is 32.1. The molecule has 8 nitrogen and oxygen atoms in total. The molecule has 18 heavy (non-hydrogen) atoms. The van der Waals surface area contributed by atoms with Gasteiger partial charge in [0.2, 0.25) is 11.8 Å². The van der Waals surface area contributed by atoms with Gasteiger partial charge in [0.25, 0.3) is 0 Å². The predicted molar refractivity (Wildman–Crippen MR) is 62.6 cm³/mol. The monoisotopic (exact) mass is 276 g/mol. The van der Waals surface area contributed by atoms with Crippen molar-refractivity contribution in [1.29, 1.82) is 0 Å². The van der Waals surface area contributed by atoms with Crippen LogP contribution in [-0.4, -0.2) is 39.1 Å². The Hall–Kier alpha value is -2.03. The number of carbonyl (C=O) groups excluding carboxylic acids is 2. The second kappa shape index (κ2) is 8.12. The summed E-state index contributed by atoms with van der Waals surface area (Å²) in [5, 5.41) is 20.6. The lowest BCUT2D eigenvalue weighted by atomic mass is 10.3. The van der Waals surface area contributed by atoms with Crippen LogP contribution in [0.2, 0.25) is 0 Å². The van der Waals surface area contributed by atoms with Crippen molar-refractivity contribution in [3.8, 4) is 0 Å². The molecule has 0 saturated heterocycles. The fraction of sp³-hybridized carbons (Fsp3) is 0.444. The van der Waals surface area contributed by atoms with Crippen LogP contribution < -0.4 is 10.6 Å². The van der Waals surface area contributed by atoms with E-state index in [1.165, 1.54) is 0 Å². The van der Waals surface area contributed by atoms with Crippen LogP contribution in [0.1, 0.15) is 25.7 Å². The normalized spacial score (nSPS) is 9.33. The van der Waals surface area contributed by atoms with Crippen molar-refractivity contribution < 1.29 is 29.4 Å². The molecule has 0 aromatic rings. The van der Waals surface area contributed by atoms with Gasteiger partial charge in [0.05, 0.1) is 12.8 Å². The third-order valence-electron chi connectivity index (χ3n) is 1.64. The molecule has 0 atom stereocenters. The van der Waals surface area contributed by atoms with Crippen LogP contribution in [0.25, 0.3) is 0 Å². The Bertz CT molecular complexity index is 347. The van der Waals surface area contributed by atoms with Crippen LogP contribution in [-0.2, 0) is 19.2 Å². The molecule has 0 heterocycles. The van der Waals surface area contributed by atoms with E-state index in [1.807, 2.05) is 0 Å². The highest BCUT2D eigenvalue weighted by Crippen LogP contribution is 1.90. The van der Waals surface area contributed by atoms with E-state index in [0.717, 1.165) is 0 Å². The molecule has 0 aliphatic heterocycles. The van der Waals surface area contributed by atoms with Crippen molar-refractivity contribution >= 4 is 41.1 Å². The molecular formula is C9H12N2O6S. The van der Waals surface area contributed by atoms with Crippen molar-refractivity contribution in [2.75, 3.05) is 0 Å². The Morgan fingerprint density at radius 2 is 1.11 bits per heavy atom. The fourth-order valence-corrected chi connectivity index (χ4v) is 1.08. The van der Waals surface area contributed by atoms with Gasteiger partial charge in [-0.05, 0) is 12.2 Å². The largest absolute Gasteiger partial charge is 0.481 e. The Morgan fingerprint density at radius 3 is 1.39 bits per heavy atom. The average Bonchev–Trinajstić information content (AvgIpc) is 2.23. The van der Waals surface area contributed by atoms with E-state index < -0.39 is 23.8 Å². The lowest BCUT2D eigenvalue weighted by Crippen LogP contribution is -2.42. The summed E-state index contributed by atoms with van der Waals surface area (Å²) in [6.07, 6.45) is -1.22. The zero-order valence-corrected chi connectivity index (χ0v) is 10.1. The van der Waals surface area contributed by atoms with Crippen LogP contribution in [0.4, 0.5) is 0 Å². The Morgan fingerprint density at radius 1 is 0.778 bits per heavy atom. The number of rotatable bonds is 6. The molecule has 0 radical (unpaired) electrons. The van der Waals surface area contributed by atoms with E-state index >= 15 is 0 Å². The Kier molecular flexibility index (Phi) is 7.20. The van der Waals surface area contributed by atoms with Crippen LogP contribution in [0, 0.1) is 0 Å². The number of carboxylic acids is 2. The third kappa shape index (κ3) is 9.21. The highest BCUT2D eigenvalue weighted by Gasteiger charge is 2.10. The maximum atomic E-state index is 11.1. The van der Waals surface area contributed by atoms with Gasteiger partial charge in [-0.25, -0.2) is 0 Å². The maximum absolute atomic E-state index is 11.1. The summed E-state index contributed by atoms with van der Waals surface area (Å²) in [7, 11) is 0. The van der Waals surface area contributed by atoms with Crippen molar-refractivity contribution in [1.82, 2.24) is 10.6 Å². The number of carboxylic acid groups (broad SMARTS) is 2. The second-order valence-corrected chi connectivity index (χ2v) is 3.62. The quantitative estimate of drug-likeness (QED) is 0.468. The molecule has 2 amide bonds. The number of hydrogen-bond acceptors (Lipinski definition) is 5. The minimum Gasteiger partial charge on any atom is -0.481 e. The van der Waals surface area contributed by atoms with Crippen molar-refractivity contribution in [3.05, 3.63) is 0 Å². The van der Waals surface area contributed by atoms with Crippen molar-refractivity contribution in [2.24, 2.45) is 0 Å². The highest BCUT2D eigenvalue weighted by molar-refractivity contribution is 7.80. The minimum atomic E-state index is -1.12. The van der Waals surface area contributed by atoms with Gasteiger partial charge in [0, 0.05) is 12.8 Å². The first-order valence-corrected chi connectivity index (χ1v) is 5.29. The number of aliphatic carboxylic acids is 2. The summed E-state index contributed by atoms with van der Waals surface area (Å²) in [6.45, 7) is 0. The first-order valence-electron chi connectivity index (χ1n) is 4.88. The zero-order chi connectivity index (χ0) is 14.1. The van der Waals surface area contributed by atoms with Crippen LogP contribution in [0.5, 0.6) is 0 Å². The fourth-order valence-electron chi connectivity index (χ4n) is 0.850. The van der Waals surface area contributed by atoms with E-state index in [-0.39, 0.29) is 30.8 Å². The predicted octanol–water partition coefficient (Wildman–Crippen LogP) is -0.767. The minimum absolute atomic E-state index is 0.263. The summed E-state index contributed by atoms with van der Waals surface area (Å²) in [5.74, 6) is -3.52. The molecule has 0 unspecified atom stereocenters. The lowest BCUT2D eigenvalue weighted by Gasteiger charge is -2.07. The Balaban J connectivity index is 3.89. The van der Waals surface area contributed by atoms with E-state index in [4.69, 9.17) is 10.2 Å². The number of carbonyl (C=O) groups is 4. The van der Waals surface area contributed by atoms with Gasteiger partial charge in [-0.15, -0.1) is 0 Å². The Labute approximate surface area is 107 Å². The summed E-state index contributed by atoms with van der Waals surface area (Å²) in [6, 6.07) is 0. The van der Waals surface area contributed by atoms with Gasteiger partial charge >= 0.3 is 11.9 Å². The number of hydrogen-bond donors (Lipinski definition) is 4. The lowest BCUT2D eigenvalue weighted by molar-refractivity contribution is -0.139. The van der Waals surface area contributed by atoms with E-state index in [2.05, 4.69) is 22.9 Å². The third-order valence-corrected chi connectivity index (χ3v) is 1.84. The van der Waals surface area contributed by atoms with Crippen molar-refractivity contribution in [2.45, 2.75) is 25.7 Å². The van der Waals surface area contributed by atoms with Gasteiger partial charge in [-0.2, -0.15) is 0 Å². The summed E-state index contributed by atoms with van der Waals surface area (Å²) >= 11 is 4.61. The van der Waals surface area contributed by atoms with Crippen LogP contribution in [0.3, 0.4) is 0 Å². The van der Waals surface area contributed by atoms with Gasteiger partial charge in [-0.1, -0.05) is 0 Å². The number of amides is 2. The summed E-state index contributed by atoms with van der Waals surface area (Å²) in [4.78, 5) is 42.6. The maximum Gasteiger partial charge on any atom is 0.303 e. The van der Waals surface area contributed by atoms with E-state index in [9.17, 15) is 19.2 Å². The van der Waals surface area contributed by atoms with Crippen LogP contribution in [0.15, 0.2) is 0 Å². The summed E-state index contributed by atoms with van der Waals surface area (Å²) < 4.78 is 0. The second-order valence-electron chi connectivity index (χ2n) is 3.21. The molecule has 0 rings (SSSR count). The molecule has 0 fully saturated rings.